The van der Waals surface area contributed by atoms with Crippen LogP contribution in [0.1, 0.15) is 30.6 Å². The summed E-state index contributed by atoms with van der Waals surface area (Å²) >= 11 is 0. The van der Waals surface area contributed by atoms with Crippen molar-refractivity contribution >= 4 is 17.6 Å². The lowest BCUT2D eigenvalue weighted by Gasteiger charge is -2.06. The van der Waals surface area contributed by atoms with E-state index in [0.29, 0.717) is 5.57 Å². The molecule has 0 aromatic heterocycles. The molecule has 0 aliphatic heterocycles. The van der Waals surface area contributed by atoms with Crippen LogP contribution in [0.4, 0.5) is 10.1 Å². The number of carbonyl (C=O) groups is 2. The molecule has 2 N–H and O–H groups in total. The van der Waals surface area contributed by atoms with Gasteiger partial charge in [0.05, 0.1) is 5.56 Å². The van der Waals surface area contributed by atoms with Crippen LogP contribution in [-0.2, 0) is 4.79 Å². The van der Waals surface area contributed by atoms with E-state index >= 15 is 0 Å². The van der Waals surface area contributed by atoms with Gasteiger partial charge in [-0.2, -0.15) is 0 Å². The Morgan fingerprint density at radius 1 is 1.44 bits per heavy atom. The zero-order valence-corrected chi connectivity index (χ0v) is 10.2. The SMILES string of the molecule is CC/C=C(\C)C(=O)Nc1ccc(F)c(C(=O)O)c1. The molecule has 0 saturated heterocycles. The Bertz CT molecular complexity index is 509. The Morgan fingerprint density at radius 2 is 2.11 bits per heavy atom. The van der Waals surface area contributed by atoms with Gasteiger partial charge < -0.3 is 10.4 Å². The van der Waals surface area contributed by atoms with Crippen molar-refractivity contribution in [1.29, 1.82) is 0 Å². The second kappa shape index (κ2) is 5.95. The average Bonchev–Trinajstić information content (AvgIpc) is 2.31. The third kappa shape index (κ3) is 3.41. The van der Waals surface area contributed by atoms with Gasteiger partial charge in [-0.25, -0.2) is 9.18 Å². The van der Waals surface area contributed by atoms with Crippen molar-refractivity contribution in [2.45, 2.75) is 20.3 Å². The molecular formula is C13H14FNO3. The van der Waals surface area contributed by atoms with Crippen LogP contribution in [0.25, 0.3) is 0 Å². The van der Waals surface area contributed by atoms with E-state index in [0.717, 1.165) is 18.6 Å². The topological polar surface area (TPSA) is 66.4 Å². The summed E-state index contributed by atoms with van der Waals surface area (Å²) in [5, 5.41) is 11.3. The van der Waals surface area contributed by atoms with Crippen molar-refractivity contribution in [3.63, 3.8) is 0 Å². The molecule has 5 heteroatoms. The van der Waals surface area contributed by atoms with Gasteiger partial charge in [0.1, 0.15) is 5.82 Å². The summed E-state index contributed by atoms with van der Waals surface area (Å²) in [5.41, 5.74) is 0.311. The lowest BCUT2D eigenvalue weighted by molar-refractivity contribution is -0.112. The number of nitrogens with one attached hydrogen (secondary N) is 1. The van der Waals surface area contributed by atoms with Gasteiger partial charge in [-0.1, -0.05) is 13.0 Å². The highest BCUT2D eigenvalue weighted by atomic mass is 19.1. The molecule has 1 aromatic rings. The number of carboxylic acid groups (broad SMARTS) is 1. The Hall–Kier alpha value is -2.17. The molecule has 0 heterocycles. The predicted octanol–water partition coefficient (Wildman–Crippen LogP) is 2.82. The Morgan fingerprint density at radius 3 is 2.67 bits per heavy atom. The van der Waals surface area contributed by atoms with Gasteiger partial charge in [0.25, 0.3) is 5.91 Å². The zero-order valence-electron chi connectivity index (χ0n) is 10.2. The number of benzene rings is 1. The minimum Gasteiger partial charge on any atom is -0.478 e. The van der Waals surface area contributed by atoms with E-state index in [1.807, 2.05) is 6.92 Å². The monoisotopic (exact) mass is 251 g/mol. The standard InChI is InChI=1S/C13H14FNO3/c1-3-4-8(2)12(16)15-9-5-6-11(14)10(7-9)13(17)18/h4-7H,3H2,1-2H3,(H,15,16)(H,17,18)/b8-4+. The molecule has 18 heavy (non-hydrogen) atoms. The molecule has 0 bridgehead atoms. The molecule has 0 aliphatic carbocycles. The van der Waals surface area contributed by atoms with Crippen molar-refractivity contribution in [1.82, 2.24) is 0 Å². The Balaban J connectivity index is 2.93. The van der Waals surface area contributed by atoms with Gasteiger partial charge in [0.15, 0.2) is 0 Å². The number of aromatic carboxylic acids is 1. The van der Waals surface area contributed by atoms with Crippen LogP contribution >= 0.6 is 0 Å². The first-order valence-corrected chi connectivity index (χ1v) is 5.46. The number of carbonyl (C=O) groups excluding carboxylic acids is 1. The number of anilines is 1. The first kappa shape index (κ1) is 13.9. The maximum Gasteiger partial charge on any atom is 0.338 e. The summed E-state index contributed by atoms with van der Waals surface area (Å²) < 4.78 is 13.1. The van der Waals surface area contributed by atoms with Gasteiger partial charge in [-0.15, -0.1) is 0 Å². The van der Waals surface area contributed by atoms with Crippen molar-refractivity contribution in [2.24, 2.45) is 0 Å². The number of hydrogen-bond acceptors (Lipinski definition) is 2. The van der Waals surface area contributed by atoms with Crippen LogP contribution in [0.2, 0.25) is 0 Å². The summed E-state index contributed by atoms with van der Waals surface area (Å²) in [4.78, 5) is 22.4. The highest BCUT2D eigenvalue weighted by molar-refractivity contribution is 6.03. The van der Waals surface area contributed by atoms with Crippen molar-refractivity contribution in [3.05, 3.63) is 41.2 Å². The van der Waals surface area contributed by atoms with E-state index in [1.54, 1.807) is 13.0 Å². The Labute approximate surface area is 104 Å². The molecular weight excluding hydrogens is 237 g/mol. The molecule has 0 saturated carbocycles. The van der Waals surface area contributed by atoms with Gasteiger partial charge in [0, 0.05) is 11.3 Å². The quantitative estimate of drug-likeness (QED) is 0.808. The van der Waals surface area contributed by atoms with E-state index in [9.17, 15) is 14.0 Å². The summed E-state index contributed by atoms with van der Waals surface area (Å²) in [5.74, 6) is -2.54. The third-order valence-electron chi connectivity index (χ3n) is 2.32. The van der Waals surface area contributed by atoms with Gasteiger partial charge >= 0.3 is 5.97 Å². The highest BCUT2D eigenvalue weighted by Gasteiger charge is 2.12. The van der Waals surface area contributed by atoms with E-state index in [1.165, 1.54) is 6.07 Å². The lowest BCUT2D eigenvalue weighted by Crippen LogP contribution is -2.13. The van der Waals surface area contributed by atoms with Crippen LogP contribution in [0.3, 0.4) is 0 Å². The lowest BCUT2D eigenvalue weighted by atomic mass is 10.1. The van der Waals surface area contributed by atoms with Crippen molar-refractivity contribution in [3.8, 4) is 0 Å². The smallest absolute Gasteiger partial charge is 0.338 e. The van der Waals surface area contributed by atoms with Crippen LogP contribution in [0.5, 0.6) is 0 Å². The fourth-order valence-corrected chi connectivity index (χ4v) is 1.40. The second-order valence-corrected chi connectivity index (χ2v) is 3.75. The zero-order chi connectivity index (χ0) is 13.7. The second-order valence-electron chi connectivity index (χ2n) is 3.75. The minimum absolute atomic E-state index is 0.252. The Kier molecular flexibility index (Phi) is 4.59. The number of amides is 1. The van der Waals surface area contributed by atoms with Crippen molar-refractivity contribution < 1.29 is 19.1 Å². The first-order valence-electron chi connectivity index (χ1n) is 5.46. The van der Waals surface area contributed by atoms with Crippen LogP contribution in [0.15, 0.2) is 29.8 Å². The summed E-state index contributed by atoms with van der Waals surface area (Å²) in [6.45, 7) is 3.55. The number of carboxylic acids is 1. The molecule has 0 unspecified atom stereocenters. The van der Waals surface area contributed by atoms with Crippen molar-refractivity contribution in [2.75, 3.05) is 5.32 Å². The fraction of sp³-hybridized carbons (Fsp3) is 0.231. The number of allylic oxidation sites excluding steroid dienone is 1. The van der Waals surface area contributed by atoms with Crippen LogP contribution < -0.4 is 5.32 Å². The number of hydrogen-bond donors (Lipinski definition) is 2. The van der Waals surface area contributed by atoms with E-state index < -0.39 is 17.3 Å². The molecule has 1 rings (SSSR count). The molecule has 4 nitrogen and oxygen atoms in total. The van der Waals surface area contributed by atoms with Gasteiger partial charge in [0.2, 0.25) is 0 Å². The minimum atomic E-state index is -1.37. The van der Waals surface area contributed by atoms with E-state index in [4.69, 9.17) is 5.11 Å². The van der Waals surface area contributed by atoms with E-state index in [2.05, 4.69) is 5.32 Å². The highest BCUT2D eigenvalue weighted by Crippen LogP contribution is 2.15. The normalized spacial score (nSPS) is 11.2. The number of rotatable bonds is 4. The predicted molar refractivity (Wildman–Crippen MR) is 66.0 cm³/mol. The summed E-state index contributed by atoms with van der Waals surface area (Å²) in [6, 6.07) is 3.42. The molecule has 1 amide bonds. The average molecular weight is 251 g/mol. The first-order chi connectivity index (χ1) is 8.45. The number of halogens is 1. The maximum absolute atomic E-state index is 13.1. The maximum atomic E-state index is 13.1. The fourth-order valence-electron chi connectivity index (χ4n) is 1.40. The van der Waals surface area contributed by atoms with Crippen LogP contribution in [0, 0.1) is 5.82 Å². The van der Waals surface area contributed by atoms with E-state index in [-0.39, 0.29) is 11.6 Å². The third-order valence-corrected chi connectivity index (χ3v) is 2.32. The molecule has 0 spiro atoms. The van der Waals surface area contributed by atoms with Gasteiger partial charge in [-0.3, -0.25) is 4.79 Å². The molecule has 0 fully saturated rings. The van der Waals surface area contributed by atoms with Crippen LogP contribution in [-0.4, -0.2) is 17.0 Å². The largest absolute Gasteiger partial charge is 0.478 e. The summed E-state index contributed by atoms with van der Waals surface area (Å²) in [6.07, 6.45) is 2.47. The van der Waals surface area contributed by atoms with Gasteiger partial charge in [-0.05, 0) is 31.5 Å². The molecule has 1 aromatic carbocycles. The molecule has 96 valence electrons. The summed E-state index contributed by atoms with van der Waals surface area (Å²) in [7, 11) is 0. The molecule has 0 atom stereocenters. The molecule has 0 aliphatic rings. The molecule has 0 radical (unpaired) electrons.